The number of Topliss-reactive ketones (excluding diaryl/α,β-unsaturated/α-hetero) is 1. The maximum absolute atomic E-state index is 14.9. The fourth-order valence-electron chi connectivity index (χ4n) is 8.17. The van der Waals surface area contributed by atoms with Crippen molar-refractivity contribution in [3.63, 3.8) is 0 Å². The minimum atomic E-state index is -1.93. The first kappa shape index (κ1) is 29.7. The molecule has 0 aromatic heterocycles. The highest BCUT2D eigenvalue weighted by molar-refractivity contribution is 6.00. The molecule has 10 nitrogen and oxygen atoms in total. The van der Waals surface area contributed by atoms with Crippen LogP contribution in [0.5, 0.6) is 0 Å². The molecule has 1 aliphatic heterocycles. The Bertz CT molecular complexity index is 1270. The van der Waals surface area contributed by atoms with Crippen molar-refractivity contribution in [1.29, 1.82) is 0 Å². The van der Waals surface area contributed by atoms with Gasteiger partial charge in [0.05, 0.1) is 42.8 Å². The number of rotatable bonds is 5. The van der Waals surface area contributed by atoms with Crippen molar-refractivity contribution in [3.05, 3.63) is 47.2 Å². The summed E-state index contributed by atoms with van der Waals surface area (Å²) in [5.74, 6) is -3.45. The number of ether oxygens (including phenoxy) is 5. The van der Waals surface area contributed by atoms with Gasteiger partial charge in [-0.2, -0.15) is 0 Å². The van der Waals surface area contributed by atoms with Gasteiger partial charge in [0, 0.05) is 38.2 Å². The molecule has 0 spiro atoms. The van der Waals surface area contributed by atoms with Crippen molar-refractivity contribution in [3.8, 4) is 0 Å². The van der Waals surface area contributed by atoms with E-state index in [0.717, 1.165) is 0 Å². The molecule has 0 radical (unpaired) electrons. The molecule has 224 valence electrons. The van der Waals surface area contributed by atoms with Gasteiger partial charge in [0.15, 0.2) is 11.4 Å². The van der Waals surface area contributed by atoms with Gasteiger partial charge in [-0.3, -0.25) is 9.59 Å². The van der Waals surface area contributed by atoms with Crippen LogP contribution in [0, 0.1) is 22.7 Å². The Morgan fingerprint density at radius 1 is 1.10 bits per heavy atom. The second-order valence-electron chi connectivity index (χ2n) is 12.6. The maximum Gasteiger partial charge on any atom is 0.338 e. The zero-order valence-electron chi connectivity index (χ0n) is 24.6. The van der Waals surface area contributed by atoms with E-state index in [1.54, 1.807) is 58.0 Å². The van der Waals surface area contributed by atoms with E-state index in [0.29, 0.717) is 5.57 Å². The van der Waals surface area contributed by atoms with Gasteiger partial charge >= 0.3 is 11.9 Å². The van der Waals surface area contributed by atoms with E-state index < -0.39 is 76.0 Å². The normalized spacial score (nSPS) is 42.9. The number of allylic oxidation sites excluding steroid dienone is 1. The third-order valence-corrected chi connectivity index (χ3v) is 10.4. The van der Waals surface area contributed by atoms with Gasteiger partial charge in [-0.25, -0.2) is 4.79 Å². The van der Waals surface area contributed by atoms with Crippen molar-refractivity contribution in [1.82, 2.24) is 0 Å². The summed E-state index contributed by atoms with van der Waals surface area (Å²) < 4.78 is 30.0. The number of benzene rings is 1. The van der Waals surface area contributed by atoms with E-state index in [1.807, 2.05) is 0 Å². The molecular weight excluding hydrogens is 532 g/mol. The lowest BCUT2D eigenvalue weighted by Crippen LogP contribution is -2.81. The molecule has 3 fully saturated rings. The maximum atomic E-state index is 14.9. The monoisotopic (exact) mass is 572 g/mol. The number of hydrogen-bond acceptors (Lipinski definition) is 10. The van der Waals surface area contributed by atoms with E-state index in [-0.39, 0.29) is 30.8 Å². The molecule has 5 rings (SSSR count). The molecule has 3 aliphatic carbocycles. The van der Waals surface area contributed by atoms with E-state index in [4.69, 9.17) is 23.7 Å². The smallest absolute Gasteiger partial charge is 0.338 e. The standard InChI is InChI=1S/C31H40O10/c1-16-19(33)14-31(36)26(40-27(35)18-11-9-8-10-12-18)24-29(5,25(34)23(38-7)22(16)28(31,3)4)20(37-6)13-21-30(24,15-39-21)41-17(2)32/h8-12,16,19-21,24,26,33,36H,13-15H2,1-7H3/b23-22+. The molecule has 1 aromatic rings. The number of esters is 2. The average Bonchev–Trinajstić information content (AvgIpc) is 2.91. The van der Waals surface area contributed by atoms with Crippen LogP contribution in [-0.2, 0) is 33.3 Å². The number of aliphatic hydroxyl groups excluding tert-OH is 1. The van der Waals surface area contributed by atoms with E-state index in [2.05, 4.69) is 0 Å². The molecule has 1 saturated heterocycles. The zero-order valence-corrected chi connectivity index (χ0v) is 24.6. The SMILES string of the molecule is CO/C1=C2\C(C)C(O)CC(O)(C(OC(=O)c3ccccc3)C3C4(OC(C)=O)COC4CC(OC)C3(C)C1=O)C2(C)C. The Morgan fingerprint density at radius 3 is 2.29 bits per heavy atom. The molecule has 1 aromatic carbocycles. The van der Waals surface area contributed by atoms with Gasteiger partial charge in [0.25, 0.3) is 0 Å². The third-order valence-electron chi connectivity index (χ3n) is 10.4. The van der Waals surface area contributed by atoms with Crippen LogP contribution in [0.15, 0.2) is 41.7 Å². The van der Waals surface area contributed by atoms with Gasteiger partial charge in [0.2, 0.25) is 5.78 Å². The van der Waals surface area contributed by atoms with Gasteiger partial charge in [0.1, 0.15) is 17.8 Å². The highest BCUT2D eigenvalue weighted by atomic mass is 16.6. The summed E-state index contributed by atoms with van der Waals surface area (Å²) in [6.07, 6.45) is -3.94. The fourth-order valence-corrected chi connectivity index (χ4v) is 8.17. The largest absolute Gasteiger partial charge is 0.493 e. The van der Waals surface area contributed by atoms with Crippen LogP contribution < -0.4 is 0 Å². The Kier molecular flexibility index (Phi) is 7.17. The predicted molar refractivity (Wildman–Crippen MR) is 144 cm³/mol. The molecule has 9 atom stereocenters. The number of hydrogen-bond donors (Lipinski definition) is 2. The summed E-state index contributed by atoms with van der Waals surface area (Å²) >= 11 is 0. The Labute approximate surface area is 239 Å². The van der Waals surface area contributed by atoms with Crippen LogP contribution in [-0.4, -0.2) is 84.4 Å². The van der Waals surface area contributed by atoms with Crippen molar-refractivity contribution in [2.24, 2.45) is 22.7 Å². The van der Waals surface area contributed by atoms with Crippen LogP contribution >= 0.6 is 0 Å². The predicted octanol–water partition coefficient (Wildman–Crippen LogP) is 2.60. The van der Waals surface area contributed by atoms with E-state index in [1.165, 1.54) is 21.1 Å². The first-order chi connectivity index (χ1) is 19.2. The number of aliphatic hydroxyl groups is 2. The van der Waals surface area contributed by atoms with Crippen molar-refractivity contribution in [2.75, 3.05) is 20.8 Å². The highest BCUT2D eigenvalue weighted by Crippen LogP contribution is 2.65. The Hall–Kier alpha value is -2.79. The summed E-state index contributed by atoms with van der Waals surface area (Å²) in [6.45, 7) is 8.18. The van der Waals surface area contributed by atoms with Crippen LogP contribution in [0.1, 0.15) is 57.8 Å². The number of methoxy groups -OCH3 is 2. The molecule has 2 N–H and O–H groups in total. The molecule has 4 aliphatic rings. The van der Waals surface area contributed by atoms with Crippen LogP contribution in [0.3, 0.4) is 0 Å². The van der Waals surface area contributed by atoms with Crippen molar-refractivity contribution in [2.45, 2.75) is 83.1 Å². The number of fused-ring (bicyclic) bond motifs is 5. The molecule has 9 unspecified atom stereocenters. The zero-order chi connectivity index (χ0) is 30.1. The summed E-state index contributed by atoms with van der Waals surface area (Å²) in [7, 11) is 2.87. The second-order valence-corrected chi connectivity index (χ2v) is 12.6. The quantitative estimate of drug-likeness (QED) is 0.507. The molecule has 10 heteroatoms. The molecule has 41 heavy (non-hydrogen) atoms. The van der Waals surface area contributed by atoms with Crippen LogP contribution in [0.4, 0.5) is 0 Å². The summed E-state index contributed by atoms with van der Waals surface area (Å²) in [6, 6.07) is 8.32. The summed E-state index contributed by atoms with van der Waals surface area (Å²) in [5, 5.41) is 24.2. The fraction of sp³-hybridized carbons (Fsp3) is 0.645. The minimum absolute atomic E-state index is 0.0127. The molecule has 1 heterocycles. The van der Waals surface area contributed by atoms with Gasteiger partial charge in [-0.15, -0.1) is 0 Å². The van der Waals surface area contributed by atoms with Crippen LogP contribution in [0.25, 0.3) is 0 Å². The first-order valence-electron chi connectivity index (χ1n) is 14.0. The molecule has 2 bridgehead atoms. The second kappa shape index (κ2) is 9.90. The van der Waals surface area contributed by atoms with E-state index in [9.17, 15) is 24.6 Å². The van der Waals surface area contributed by atoms with Gasteiger partial charge in [-0.1, -0.05) is 39.0 Å². The molecular formula is C31H40O10. The average molecular weight is 573 g/mol. The lowest BCUT2D eigenvalue weighted by Gasteiger charge is -2.67. The van der Waals surface area contributed by atoms with E-state index >= 15 is 0 Å². The lowest BCUT2D eigenvalue weighted by atomic mass is 9.45. The lowest BCUT2D eigenvalue weighted by molar-refractivity contribution is -0.346. The topological polar surface area (TPSA) is 138 Å². The number of carbonyl (C=O) groups excluding carboxylic acids is 3. The minimum Gasteiger partial charge on any atom is -0.493 e. The first-order valence-corrected chi connectivity index (χ1v) is 14.0. The Morgan fingerprint density at radius 2 is 1.76 bits per heavy atom. The summed E-state index contributed by atoms with van der Waals surface area (Å²) in [5.41, 5.74) is -5.43. The Balaban J connectivity index is 1.86. The number of carbonyl (C=O) groups is 3. The third kappa shape index (κ3) is 3.94. The summed E-state index contributed by atoms with van der Waals surface area (Å²) in [4.78, 5) is 41.2. The van der Waals surface area contributed by atoms with Gasteiger partial charge in [-0.05, 0) is 24.6 Å². The highest BCUT2D eigenvalue weighted by Gasteiger charge is 2.78. The van der Waals surface area contributed by atoms with Crippen molar-refractivity contribution >= 4 is 17.7 Å². The molecule has 0 amide bonds. The molecule has 2 saturated carbocycles. The van der Waals surface area contributed by atoms with Crippen LogP contribution in [0.2, 0.25) is 0 Å². The number of ketones is 1. The van der Waals surface area contributed by atoms with Gasteiger partial charge < -0.3 is 33.9 Å². The van der Waals surface area contributed by atoms with Crippen molar-refractivity contribution < 1.29 is 48.3 Å².